The number of methoxy groups -OCH3 is 2. The first-order valence-corrected chi connectivity index (χ1v) is 13.2. The zero-order valence-corrected chi connectivity index (χ0v) is 23.3. The van der Waals surface area contributed by atoms with Crippen LogP contribution in [0.3, 0.4) is 0 Å². The lowest BCUT2D eigenvalue weighted by Crippen LogP contribution is -2.55. The van der Waals surface area contributed by atoms with Gasteiger partial charge in [0.2, 0.25) is 0 Å². The monoisotopic (exact) mass is 511 g/mol. The van der Waals surface area contributed by atoms with Crippen LogP contribution in [0.1, 0.15) is 47.0 Å². The molecule has 4 aliphatic heterocycles. The Hall–Kier alpha value is -3.07. The Morgan fingerprint density at radius 1 is 1.27 bits per heavy atom. The molecular weight excluding hydrogens is 470 g/mol. The highest BCUT2D eigenvalue weighted by Crippen LogP contribution is 2.46. The second kappa shape index (κ2) is 10.7. The van der Waals surface area contributed by atoms with E-state index >= 15 is 0 Å². The van der Waals surface area contributed by atoms with E-state index in [1.165, 1.54) is 0 Å². The zero-order valence-electron chi connectivity index (χ0n) is 23.3. The number of fused-ring (bicyclic) bond motifs is 2. The normalized spacial score (nSPS) is 24.2. The van der Waals surface area contributed by atoms with Gasteiger partial charge in [0.05, 0.1) is 31.6 Å². The molecule has 0 bridgehead atoms. The third kappa shape index (κ3) is 4.93. The van der Waals surface area contributed by atoms with Gasteiger partial charge in [-0.1, -0.05) is 13.0 Å². The molecule has 37 heavy (non-hydrogen) atoms. The molecule has 4 heterocycles. The van der Waals surface area contributed by atoms with Crippen molar-refractivity contribution in [3.8, 4) is 0 Å². The summed E-state index contributed by atoms with van der Waals surface area (Å²) in [6.07, 6.45) is 8.11. The summed E-state index contributed by atoms with van der Waals surface area (Å²) in [7, 11) is 5.21. The van der Waals surface area contributed by atoms with Crippen LogP contribution in [-0.2, 0) is 14.3 Å². The van der Waals surface area contributed by atoms with Crippen molar-refractivity contribution >= 4 is 17.6 Å². The molecule has 0 saturated carbocycles. The first-order chi connectivity index (χ1) is 17.6. The first-order valence-electron chi connectivity index (χ1n) is 13.2. The van der Waals surface area contributed by atoms with Gasteiger partial charge in [0, 0.05) is 63.4 Å². The molecule has 0 radical (unpaired) electrons. The van der Waals surface area contributed by atoms with Crippen molar-refractivity contribution in [2.24, 2.45) is 11.0 Å². The number of piperidine rings is 1. The van der Waals surface area contributed by atoms with E-state index in [0.717, 1.165) is 33.9 Å². The fraction of sp³-hybridized carbons (Fsp3) is 0.607. The maximum absolute atomic E-state index is 13.8. The lowest BCUT2D eigenvalue weighted by atomic mass is 9.81. The summed E-state index contributed by atoms with van der Waals surface area (Å²) in [6, 6.07) is 0.0313. The highest BCUT2D eigenvalue weighted by molar-refractivity contribution is 6.00. The number of allylic oxidation sites excluding steroid dienone is 2. The molecule has 202 valence electrons. The molecule has 2 fully saturated rings. The minimum atomic E-state index is -0.417. The molecule has 0 aromatic heterocycles. The molecule has 0 aromatic carbocycles. The molecule has 0 unspecified atom stereocenters. The molecule has 4 aliphatic rings. The molecule has 2 saturated heterocycles. The second-order valence-electron chi connectivity index (χ2n) is 10.5. The predicted octanol–water partition coefficient (Wildman–Crippen LogP) is 3.73. The molecule has 4 rings (SSSR count). The molecule has 9 heteroatoms. The van der Waals surface area contributed by atoms with Crippen LogP contribution in [0.2, 0.25) is 0 Å². The first kappa shape index (κ1) is 27.0. The van der Waals surface area contributed by atoms with Crippen molar-refractivity contribution < 1.29 is 19.1 Å². The Balaban J connectivity index is 1.63. The summed E-state index contributed by atoms with van der Waals surface area (Å²) in [5, 5.41) is 6.09. The van der Waals surface area contributed by atoms with E-state index in [9.17, 15) is 9.59 Å². The van der Waals surface area contributed by atoms with Crippen LogP contribution in [0, 0.1) is 5.92 Å². The van der Waals surface area contributed by atoms with Crippen LogP contribution in [-0.4, -0.2) is 97.0 Å². The predicted molar refractivity (Wildman–Crippen MR) is 144 cm³/mol. The summed E-state index contributed by atoms with van der Waals surface area (Å²) in [6.45, 7) is 10.9. The van der Waals surface area contributed by atoms with Crippen LogP contribution in [0.15, 0.2) is 51.6 Å². The fourth-order valence-electron chi connectivity index (χ4n) is 6.20. The van der Waals surface area contributed by atoms with Gasteiger partial charge in [0.15, 0.2) is 0 Å². The largest absolute Gasteiger partial charge is 0.501 e. The summed E-state index contributed by atoms with van der Waals surface area (Å²) < 4.78 is 11.0. The van der Waals surface area contributed by atoms with E-state index in [-0.39, 0.29) is 17.9 Å². The lowest BCUT2D eigenvalue weighted by Gasteiger charge is -2.44. The third-order valence-corrected chi connectivity index (χ3v) is 8.03. The van der Waals surface area contributed by atoms with Gasteiger partial charge in [-0.25, -0.2) is 4.79 Å². The summed E-state index contributed by atoms with van der Waals surface area (Å²) in [4.78, 5) is 33.1. The van der Waals surface area contributed by atoms with E-state index in [2.05, 4.69) is 18.1 Å². The Kier molecular flexibility index (Phi) is 7.83. The van der Waals surface area contributed by atoms with Crippen molar-refractivity contribution in [2.45, 2.75) is 52.5 Å². The van der Waals surface area contributed by atoms with Crippen LogP contribution in [0.4, 0.5) is 4.79 Å². The Bertz CT molecular complexity index is 1090. The number of hydrogen-bond acceptors (Lipinski definition) is 6. The SMILES string of the molecule is CCN1C(=O)N2CC(/C=C(\C)OC)=C(COC)[C@@H](C)C=C2C12CCN(C(=O)C1=CN(C)N=C(C)C1)CC2. The number of urea groups is 1. The zero-order chi connectivity index (χ0) is 26.9. The van der Waals surface area contributed by atoms with Crippen LogP contribution in [0.25, 0.3) is 0 Å². The summed E-state index contributed by atoms with van der Waals surface area (Å²) in [5.41, 5.74) is 4.55. The molecule has 9 nitrogen and oxygen atoms in total. The smallest absolute Gasteiger partial charge is 0.325 e. The molecule has 3 amide bonds. The standard InChI is InChI=1S/C28H41N5O4/c1-8-33-27(35)32-17-22(15-21(4)37-7)24(18-36-6)19(2)13-25(32)28(33)9-11-31(12-10-28)26(34)23-14-20(3)29-30(5)16-23/h13,15-16,19H,8-12,14,17-18H2,1-7H3/b21-15+/t19-/m0/s1. The highest BCUT2D eigenvalue weighted by atomic mass is 16.5. The Morgan fingerprint density at radius 2 is 1.97 bits per heavy atom. The minimum absolute atomic E-state index is 0.0313. The maximum Gasteiger partial charge on any atom is 0.325 e. The van der Waals surface area contributed by atoms with E-state index in [1.54, 1.807) is 19.2 Å². The fourth-order valence-corrected chi connectivity index (χ4v) is 6.20. The van der Waals surface area contributed by atoms with Gasteiger partial charge in [0.1, 0.15) is 0 Å². The van der Waals surface area contributed by atoms with E-state index in [0.29, 0.717) is 52.0 Å². The van der Waals surface area contributed by atoms with Gasteiger partial charge in [0.25, 0.3) is 5.91 Å². The van der Waals surface area contributed by atoms with Crippen LogP contribution in [0.5, 0.6) is 0 Å². The molecule has 1 spiro atoms. The average molecular weight is 512 g/mol. The van der Waals surface area contributed by atoms with Gasteiger partial charge in [-0.3, -0.25) is 14.7 Å². The van der Waals surface area contributed by atoms with Gasteiger partial charge in [-0.2, -0.15) is 5.10 Å². The van der Waals surface area contributed by atoms with E-state index in [1.807, 2.05) is 54.8 Å². The second-order valence-corrected chi connectivity index (χ2v) is 10.5. The number of carbonyl (C=O) groups excluding carboxylic acids is 2. The van der Waals surface area contributed by atoms with E-state index in [4.69, 9.17) is 9.47 Å². The number of ether oxygens (including phenoxy) is 2. The summed E-state index contributed by atoms with van der Waals surface area (Å²) >= 11 is 0. The topological polar surface area (TPSA) is 77.9 Å². The van der Waals surface area contributed by atoms with Crippen molar-refractivity contribution in [3.63, 3.8) is 0 Å². The van der Waals surface area contributed by atoms with Crippen LogP contribution >= 0.6 is 0 Å². The highest BCUT2D eigenvalue weighted by Gasteiger charge is 2.55. The van der Waals surface area contributed by atoms with Crippen molar-refractivity contribution in [1.82, 2.24) is 19.7 Å². The number of rotatable bonds is 6. The number of hydrazone groups is 1. The number of amides is 3. The average Bonchev–Trinajstić information content (AvgIpc) is 2.97. The number of likely N-dealkylation sites (tertiary alicyclic amines) is 1. The van der Waals surface area contributed by atoms with Gasteiger partial charge in [-0.05, 0) is 56.8 Å². The number of hydrogen-bond donors (Lipinski definition) is 0. The van der Waals surface area contributed by atoms with Crippen LogP contribution < -0.4 is 0 Å². The lowest BCUT2D eigenvalue weighted by molar-refractivity contribution is -0.129. The van der Waals surface area contributed by atoms with Gasteiger partial charge in [-0.15, -0.1) is 0 Å². The number of carbonyl (C=O) groups is 2. The minimum Gasteiger partial charge on any atom is -0.501 e. The van der Waals surface area contributed by atoms with Gasteiger partial charge < -0.3 is 19.3 Å². The molecular formula is C28H41N5O4. The summed E-state index contributed by atoms with van der Waals surface area (Å²) in [5.74, 6) is 0.958. The molecule has 0 aliphatic carbocycles. The molecule has 0 N–H and O–H groups in total. The molecule has 0 aromatic rings. The van der Waals surface area contributed by atoms with Crippen molar-refractivity contribution in [1.29, 1.82) is 0 Å². The Morgan fingerprint density at radius 3 is 2.57 bits per heavy atom. The van der Waals surface area contributed by atoms with Crippen molar-refractivity contribution in [2.75, 3.05) is 54.1 Å². The Labute approximate surface area is 220 Å². The maximum atomic E-state index is 13.8. The van der Waals surface area contributed by atoms with Gasteiger partial charge >= 0.3 is 6.03 Å². The number of nitrogens with zero attached hydrogens (tertiary/aromatic N) is 5. The number of likely N-dealkylation sites (N-methyl/N-ethyl adjacent to an activating group) is 1. The third-order valence-electron chi connectivity index (χ3n) is 8.03. The quantitative estimate of drug-likeness (QED) is 0.508. The molecule has 1 atom stereocenters. The van der Waals surface area contributed by atoms with E-state index < -0.39 is 5.54 Å². The van der Waals surface area contributed by atoms with Crippen molar-refractivity contribution in [3.05, 3.63) is 46.5 Å².